The van der Waals surface area contributed by atoms with Gasteiger partial charge in [-0.2, -0.15) is 5.10 Å². The van der Waals surface area contributed by atoms with Gasteiger partial charge in [0, 0.05) is 16.7 Å². The van der Waals surface area contributed by atoms with Crippen LogP contribution in [0.3, 0.4) is 0 Å². The molecule has 1 amide bonds. The molecule has 0 heterocycles. The van der Waals surface area contributed by atoms with Crippen LogP contribution in [0.1, 0.15) is 21.5 Å². The zero-order chi connectivity index (χ0) is 16.8. The molecule has 0 aliphatic carbocycles. The first kappa shape index (κ1) is 15.5. The first-order valence-electron chi connectivity index (χ1n) is 7.52. The highest BCUT2D eigenvalue weighted by Crippen LogP contribution is 2.15. The Labute approximate surface area is 140 Å². The zero-order valence-corrected chi connectivity index (χ0v) is 12.9. The van der Waals surface area contributed by atoms with Crippen molar-refractivity contribution in [3.63, 3.8) is 0 Å². The van der Waals surface area contributed by atoms with Gasteiger partial charge in [0.05, 0.1) is 5.71 Å². The van der Waals surface area contributed by atoms with Crippen molar-refractivity contribution in [2.24, 2.45) is 5.10 Å². The number of hydrazone groups is 1. The second-order valence-electron chi connectivity index (χ2n) is 5.18. The van der Waals surface area contributed by atoms with Crippen LogP contribution in [0.4, 0.5) is 0 Å². The minimum absolute atomic E-state index is 0.180. The Bertz CT molecular complexity index is 842. The Balaban J connectivity index is 1.93. The number of carbonyl (C=O) groups excluding carboxylic acids is 1. The Morgan fingerprint density at radius 2 is 1.21 bits per heavy atom. The molecule has 0 saturated carbocycles. The SMILES string of the molecule is O=C(NN=C(c1ccccc1)c1ccc(O)cc1)c1ccccc1. The number of aromatic hydroxyl groups is 1. The lowest BCUT2D eigenvalue weighted by molar-refractivity contribution is 0.0955. The summed E-state index contributed by atoms with van der Waals surface area (Å²) >= 11 is 0. The number of nitrogens with zero attached hydrogens (tertiary/aromatic N) is 1. The van der Waals surface area contributed by atoms with E-state index < -0.39 is 0 Å². The molecule has 0 radical (unpaired) electrons. The summed E-state index contributed by atoms with van der Waals surface area (Å²) in [6, 6.07) is 25.2. The standard InChI is InChI=1S/C20H16N2O2/c23-18-13-11-16(12-14-18)19(15-7-3-1-4-8-15)21-22-20(24)17-9-5-2-6-10-17/h1-14,23H,(H,22,24). The molecule has 0 saturated heterocycles. The molecule has 2 N–H and O–H groups in total. The molecule has 0 fully saturated rings. The molecule has 24 heavy (non-hydrogen) atoms. The molecular weight excluding hydrogens is 300 g/mol. The number of carbonyl (C=O) groups is 1. The number of phenolic OH excluding ortho intramolecular Hbond substituents is 1. The van der Waals surface area contributed by atoms with Crippen LogP contribution in [0, 0.1) is 0 Å². The monoisotopic (exact) mass is 316 g/mol. The summed E-state index contributed by atoms with van der Waals surface area (Å²) in [5.41, 5.74) is 5.43. The predicted molar refractivity (Wildman–Crippen MR) is 94.1 cm³/mol. The normalized spacial score (nSPS) is 11.1. The molecule has 4 nitrogen and oxygen atoms in total. The van der Waals surface area contributed by atoms with Gasteiger partial charge in [-0.05, 0) is 36.4 Å². The van der Waals surface area contributed by atoms with E-state index in [4.69, 9.17) is 0 Å². The summed E-state index contributed by atoms with van der Waals surface area (Å²) in [6.07, 6.45) is 0. The highest BCUT2D eigenvalue weighted by atomic mass is 16.3. The van der Waals surface area contributed by atoms with E-state index in [0.717, 1.165) is 11.1 Å². The quantitative estimate of drug-likeness (QED) is 0.571. The van der Waals surface area contributed by atoms with Crippen molar-refractivity contribution in [2.75, 3.05) is 0 Å². The molecule has 0 aliphatic heterocycles. The first-order chi connectivity index (χ1) is 11.7. The summed E-state index contributed by atoms with van der Waals surface area (Å²) in [5.74, 6) is -0.0951. The van der Waals surface area contributed by atoms with Gasteiger partial charge in [-0.15, -0.1) is 0 Å². The van der Waals surface area contributed by atoms with Crippen LogP contribution in [0.2, 0.25) is 0 Å². The Morgan fingerprint density at radius 1 is 0.708 bits per heavy atom. The molecule has 118 valence electrons. The summed E-state index contributed by atoms with van der Waals surface area (Å²) in [7, 11) is 0. The largest absolute Gasteiger partial charge is 0.508 e. The summed E-state index contributed by atoms with van der Waals surface area (Å²) < 4.78 is 0. The number of hydrogen-bond donors (Lipinski definition) is 2. The van der Waals surface area contributed by atoms with Crippen molar-refractivity contribution in [3.8, 4) is 5.75 Å². The number of nitrogens with one attached hydrogen (secondary N) is 1. The number of hydrogen-bond acceptors (Lipinski definition) is 3. The van der Waals surface area contributed by atoms with E-state index in [-0.39, 0.29) is 11.7 Å². The van der Waals surface area contributed by atoms with Gasteiger partial charge in [0.25, 0.3) is 5.91 Å². The van der Waals surface area contributed by atoms with Crippen LogP contribution in [0.5, 0.6) is 5.75 Å². The topological polar surface area (TPSA) is 61.7 Å². The number of phenols is 1. The van der Waals surface area contributed by atoms with Crippen molar-refractivity contribution in [1.82, 2.24) is 5.43 Å². The first-order valence-corrected chi connectivity index (χ1v) is 7.52. The van der Waals surface area contributed by atoms with Gasteiger partial charge >= 0.3 is 0 Å². The second kappa shape index (κ2) is 7.24. The highest BCUT2D eigenvalue weighted by Gasteiger charge is 2.09. The zero-order valence-electron chi connectivity index (χ0n) is 12.9. The Morgan fingerprint density at radius 3 is 1.79 bits per heavy atom. The minimum Gasteiger partial charge on any atom is -0.508 e. The lowest BCUT2D eigenvalue weighted by Gasteiger charge is -2.08. The fourth-order valence-electron chi connectivity index (χ4n) is 2.27. The lowest BCUT2D eigenvalue weighted by Crippen LogP contribution is -2.20. The molecule has 3 rings (SSSR count). The van der Waals surface area contributed by atoms with E-state index in [9.17, 15) is 9.90 Å². The van der Waals surface area contributed by atoms with E-state index in [2.05, 4.69) is 10.5 Å². The van der Waals surface area contributed by atoms with Crippen LogP contribution >= 0.6 is 0 Å². The third-order valence-electron chi connectivity index (χ3n) is 3.49. The molecule has 0 spiro atoms. The van der Waals surface area contributed by atoms with Gasteiger partial charge < -0.3 is 5.11 Å². The molecule has 3 aromatic carbocycles. The predicted octanol–water partition coefficient (Wildman–Crippen LogP) is 3.57. The van der Waals surface area contributed by atoms with Gasteiger partial charge in [-0.3, -0.25) is 4.79 Å². The van der Waals surface area contributed by atoms with Crippen molar-refractivity contribution in [2.45, 2.75) is 0 Å². The minimum atomic E-state index is -0.275. The van der Waals surface area contributed by atoms with E-state index in [1.54, 1.807) is 48.5 Å². The average molecular weight is 316 g/mol. The smallest absolute Gasteiger partial charge is 0.271 e. The van der Waals surface area contributed by atoms with Gasteiger partial charge in [-0.25, -0.2) is 5.43 Å². The van der Waals surface area contributed by atoms with Crippen molar-refractivity contribution in [3.05, 3.63) is 102 Å². The van der Waals surface area contributed by atoms with E-state index >= 15 is 0 Å². The third kappa shape index (κ3) is 3.67. The van der Waals surface area contributed by atoms with Crippen LogP contribution < -0.4 is 5.43 Å². The third-order valence-corrected chi connectivity index (χ3v) is 3.49. The van der Waals surface area contributed by atoms with E-state index in [1.165, 1.54) is 0 Å². The maximum atomic E-state index is 12.2. The van der Waals surface area contributed by atoms with Gasteiger partial charge in [0.2, 0.25) is 0 Å². The van der Waals surface area contributed by atoms with E-state index in [1.807, 2.05) is 36.4 Å². The molecular formula is C20H16N2O2. The van der Waals surface area contributed by atoms with Gasteiger partial charge in [0.1, 0.15) is 5.75 Å². The molecule has 0 unspecified atom stereocenters. The molecule has 0 aromatic heterocycles. The molecule has 3 aromatic rings. The lowest BCUT2D eigenvalue weighted by atomic mass is 10.0. The van der Waals surface area contributed by atoms with Gasteiger partial charge in [0.15, 0.2) is 0 Å². The summed E-state index contributed by atoms with van der Waals surface area (Å²) in [6.45, 7) is 0. The average Bonchev–Trinajstić information content (AvgIpc) is 2.65. The van der Waals surface area contributed by atoms with Crippen LogP contribution in [-0.4, -0.2) is 16.7 Å². The molecule has 0 atom stereocenters. The second-order valence-corrected chi connectivity index (χ2v) is 5.18. The van der Waals surface area contributed by atoms with Crippen LogP contribution in [0.25, 0.3) is 0 Å². The maximum absolute atomic E-state index is 12.2. The van der Waals surface area contributed by atoms with Crippen molar-refractivity contribution >= 4 is 11.6 Å². The fourth-order valence-corrected chi connectivity index (χ4v) is 2.27. The summed E-state index contributed by atoms with van der Waals surface area (Å²) in [5, 5.41) is 13.8. The maximum Gasteiger partial charge on any atom is 0.271 e. The van der Waals surface area contributed by atoms with Crippen LogP contribution in [0.15, 0.2) is 90.0 Å². The fraction of sp³-hybridized carbons (Fsp3) is 0. The van der Waals surface area contributed by atoms with Gasteiger partial charge in [-0.1, -0.05) is 48.5 Å². The van der Waals surface area contributed by atoms with Crippen LogP contribution in [-0.2, 0) is 0 Å². The Hall–Kier alpha value is -3.40. The number of rotatable bonds is 4. The number of amides is 1. The Kier molecular flexibility index (Phi) is 4.68. The highest BCUT2D eigenvalue weighted by molar-refractivity contribution is 6.13. The van der Waals surface area contributed by atoms with Crippen molar-refractivity contribution < 1.29 is 9.90 Å². The van der Waals surface area contributed by atoms with Crippen molar-refractivity contribution in [1.29, 1.82) is 0 Å². The molecule has 0 bridgehead atoms. The molecule has 4 heteroatoms. The number of benzene rings is 3. The molecule has 0 aliphatic rings. The summed E-state index contributed by atoms with van der Waals surface area (Å²) in [4.78, 5) is 12.2. The van der Waals surface area contributed by atoms with E-state index in [0.29, 0.717) is 11.3 Å².